The maximum Gasteiger partial charge on any atom is 0.183 e. The van der Waals surface area contributed by atoms with E-state index >= 15 is 0 Å². The number of carbonyl (C=O) groups is 1. The Balaban J connectivity index is 1.71. The van der Waals surface area contributed by atoms with Gasteiger partial charge in [-0.25, -0.2) is 4.98 Å². The molecule has 1 fully saturated rings. The summed E-state index contributed by atoms with van der Waals surface area (Å²) in [5.74, 6) is 0.0162. The highest BCUT2D eigenvalue weighted by atomic mass is 32.1. The van der Waals surface area contributed by atoms with Crippen LogP contribution in [0.3, 0.4) is 0 Å². The number of Topliss-reactive ketones (excluding diaryl/α,β-unsaturated/α-hetero) is 1. The van der Waals surface area contributed by atoms with Crippen molar-refractivity contribution in [3.8, 4) is 0 Å². The van der Waals surface area contributed by atoms with Crippen molar-refractivity contribution in [1.29, 1.82) is 0 Å². The van der Waals surface area contributed by atoms with Gasteiger partial charge in [-0.2, -0.15) is 0 Å². The molecule has 1 saturated heterocycles. The van der Waals surface area contributed by atoms with Crippen LogP contribution in [-0.4, -0.2) is 55.1 Å². The molecule has 94 valence electrons. The second-order valence-corrected chi connectivity index (χ2v) is 4.83. The maximum atomic E-state index is 11.1. The molecule has 1 aromatic heterocycles. The van der Waals surface area contributed by atoms with Crippen LogP contribution in [0.4, 0.5) is 5.13 Å². The summed E-state index contributed by atoms with van der Waals surface area (Å²) in [6.07, 6.45) is 0. The number of anilines is 1. The smallest absolute Gasteiger partial charge is 0.183 e. The van der Waals surface area contributed by atoms with E-state index in [2.05, 4.69) is 15.2 Å². The van der Waals surface area contributed by atoms with E-state index in [0.29, 0.717) is 5.69 Å². The number of nitrogens with zero attached hydrogens (tertiary/aromatic N) is 2. The Labute approximate surface area is 105 Å². The van der Waals surface area contributed by atoms with E-state index in [1.54, 1.807) is 5.38 Å². The van der Waals surface area contributed by atoms with Gasteiger partial charge < -0.3 is 10.1 Å². The van der Waals surface area contributed by atoms with Crippen molar-refractivity contribution in [2.75, 3.05) is 44.7 Å². The fourth-order valence-corrected chi connectivity index (χ4v) is 2.44. The lowest BCUT2D eigenvalue weighted by molar-refractivity contribution is 0.0398. The predicted molar refractivity (Wildman–Crippen MR) is 67.9 cm³/mol. The highest BCUT2D eigenvalue weighted by Crippen LogP contribution is 2.15. The first-order valence-electron chi connectivity index (χ1n) is 5.76. The Kier molecular flexibility index (Phi) is 4.47. The highest BCUT2D eigenvalue weighted by Gasteiger charge is 2.10. The number of carbonyl (C=O) groups excluding carboxylic acids is 1. The fraction of sp³-hybridized carbons (Fsp3) is 0.636. The molecule has 0 aromatic carbocycles. The van der Waals surface area contributed by atoms with Gasteiger partial charge in [0.05, 0.1) is 13.2 Å². The standard InChI is InChI=1S/C11H17N3O2S/c1-9(15)10-8-17-11(13-10)12-2-3-14-4-6-16-7-5-14/h8H,2-7H2,1H3,(H,12,13). The van der Waals surface area contributed by atoms with E-state index in [1.165, 1.54) is 18.3 Å². The number of hydrogen-bond acceptors (Lipinski definition) is 6. The molecule has 5 nitrogen and oxygen atoms in total. The normalized spacial score (nSPS) is 17.0. The van der Waals surface area contributed by atoms with Crippen molar-refractivity contribution in [2.24, 2.45) is 0 Å². The molecular weight excluding hydrogens is 238 g/mol. The van der Waals surface area contributed by atoms with Gasteiger partial charge in [0.2, 0.25) is 0 Å². The van der Waals surface area contributed by atoms with E-state index in [9.17, 15) is 4.79 Å². The Hall–Kier alpha value is -0.980. The molecule has 1 aliphatic rings. The summed E-state index contributed by atoms with van der Waals surface area (Å²) in [6.45, 7) is 7.02. The Morgan fingerprint density at radius 1 is 1.59 bits per heavy atom. The third-order valence-corrected chi connectivity index (χ3v) is 3.47. The second kappa shape index (κ2) is 6.09. The van der Waals surface area contributed by atoms with E-state index in [-0.39, 0.29) is 5.78 Å². The predicted octanol–water partition coefficient (Wildman–Crippen LogP) is 1.09. The number of ketones is 1. The van der Waals surface area contributed by atoms with E-state index in [1.807, 2.05) is 0 Å². The van der Waals surface area contributed by atoms with E-state index < -0.39 is 0 Å². The molecule has 17 heavy (non-hydrogen) atoms. The first-order valence-corrected chi connectivity index (χ1v) is 6.64. The molecule has 1 aromatic rings. The number of ether oxygens (including phenoxy) is 1. The molecule has 0 aliphatic carbocycles. The van der Waals surface area contributed by atoms with Crippen LogP contribution in [0.2, 0.25) is 0 Å². The largest absolute Gasteiger partial charge is 0.379 e. The number of aromatic nitrogens is 1. The molecule has 2 heterocycles. The zero-order valence-corrected chi connectivity index (χ0v) is 10.8. The van der Waals surface area contributed by atoms with Crippen molar-refractivity contribution in [3.05, 3.63) is 11.1 Å². The van der Waals surface area contributed by atoms with Crippen LogP contribution in [0.15, 0.2) is 5.38 Å². The molecule has 0 spiro atoms. The lowest BCUT2D eigenvalue weighted by Crippen LogP contribution is -2.38. The second-order valence-electron chi connectivity index (χ2n) is 3.97. The van der Waals surface area contributed by atoms with E-state index in [0.717, 1.165) is 44.5 Å². The highest BCUT2D eigenvalue weighted by molar-refractivity contribution is 7.13. The number of thiazole rings is 1. The minimum Gasteiger partial charge on any atom is -0.379 e. The molecule has 1 N–H and O–H groups in total. The van der Waals surface area contributed by atoms with Gasteiger partial charge in [-0.3, -0.25) is 9.69 Å². The van der Waals surface area contributed by atoms with Gasteiger partial charge in [-0.15, -0.1) is 11.3 Å². The zero-order chi connectivity index (χ0) is 12.1. The molecule has 0 amide bonds. The average molecular weight is 255 g/mol. The van der Waals surface area contributed by atoms with Gasteiger partial charge in [0, 0.05) is 38.5 Å². The Morgan fingerprint density at radius 2 is 2.35 bits per heavy atom. The van der Waals surface area contributed by atoms with Crippen LogP contribution in [0, 0.1) is 0 Å². The van der Waals surface area contributed by atoms with Crippen molar-refractivity contribution < 1.29 is 9.53 Å². The molecule has 0 radical (unpaired) electrons. The zero-order valence-electron chi connectivity index (χ0n) is 9.94. The minimum absolute atomic E-state index is 0.0162. The molecule has 2 rings (SSSR count). The maximum absolute atomic E-state index is 11.1. The first-order chi connectivity index (χ1) is 8.25. The minimum atomic E-state index is 0.0162. The molecule has 1 aliphatic heterocycles. The summed E-state index contributed by atoms with van der Waals surface area (Å²) >= 11 is 1.48. The summed E-state index contributed by atoms with van der Waals surface area (Å²) in [4.78, 5) is 17.6. The van der Waals surface area contributed by atoms with Gasteiger partial charge in [0.25, 0.3) is 0 Å². The van der Waals surface area contributed by atoms with Crippen LogP contribution in [-0.2, 0) is 4.74 Å². The average Bonchev–Trinajstić information content (AvgIpc) is 2.79. The summed E-state index contributed by atoms with van der Waals surface area (Å²) in [6, 6.07) is 0. The van der Waals surface area contributed by atoms with Gasteiger partial charge >= 0.3 is 0 Å². The molecule has 0 atom stereocenters. The molecule has 0 saturated carbocycles. The third-order valence-electron chi connectivity index (χ3n) is 2.67. The van der Waals surface area contributed by atoms with Gasteiger partial charge in [-0.1, -0.05) is 0 Å². The Bertz CT molecular complexity index is 375. The van der Waals surface area contributed by atoms with Crippen molar-refractivity contribution >= 4 is 22.3 Å². The summed E-state index contributed by atoms with van der Waals surface area (Å²) in [5, 5.41) is 5.85. The summed E-state index contributed by atoms with van der Waals surface area (Å²) in [7, 11) is 0. The molecular formula is C11H17N3O2S. The van der Waals surface area contributed by atoms with Gasteiger partial charge in [0.15, 0.2) is 10.9 Å². The molecule has 0 unspecified atom stereocenters. The number of rotatable bonds is 5. The van der Waals surface area contributed by atoms with Crippen LogP contribution in [0.1, 0.15) is 17.4 Å². The monoisotopic (exact) mass is 255 g/mol. The molecule has 0 bridgehead atoms. The fourth-order valence-electron chi connectivity index (χ4n) is 1.66. The van der Waals surface area contributed by atoms with Crippen molar-refractivity contribution in [1.82, 2.24) is 9.88 Å². The quantitative estimate of drug-likeness (QED) is 0.798. The number of morpholine rings is 1. The van der Waals surface area contributed by atoms with Crippen LogP contribution in [0.5, 0.6) is 0 Å². The number of hydrogen-bond donors (Lipinski definition) is 1. The van der Waals surface area contributed by atoms with Crippen LogP contribution in [0.25, 0.3) is 0 Å². The summed E-state index contributed by atoms with van der Waals surface area (Å²) in [5.41, 5.74) is 0.545. The summed E-state index contributed by atoms with van der Waals surface area (Å²) < 4.78 is 5.28. The number of nitrogens with one attached hydrogen (secondary N) is 1. The van der Waals surface area contributed by atoms with Crippen molar-refractivity contribution in [3.63, 3.8) is 0 Å². The van der Waals surface area contributed by atoms with Gasteiger partial charge in [-0.05, 0) is 0 Å². The van der Waals surface area contributed by atoms with Gasteiger partial charge in [0.1, 0.15) is 5.69 Å². The lowest BCUT2D eigenvalue weighted by Gasteiger charge is -2.26. The molecule has 6 heteroatoms. The topological polar surface area (TPSA) is 54.5 Å². The van der Waals surface area contributed by atoms with Crippen LogP contribution >= 0.6 is 11.3 Å². The SMILES string of the molecule is CC(=O)c1csc(NCCN2CCOCC2)n1. The van der Waals surface area contributed by atoms with E-state index in [4.69, 9.17) is 4.74 Å². The Morgan fingerprint density at radius 3 is 3.00 bits per heavy atom. The first kappa shape index (κ1) is 12.5. The lowest BCUT2D eigenvalue weighted by atomic mass is 10.4. The van der Waals surface area contributed by atoms with Crippen molar-refractivity contribution in [2.45, 2.75) is 6.92 Å². The van der Waals surface area contributed by atoms with Crippen LogP contribution < -0.4 is 5.32 Å². The third kappa shape index (κ3) is 3.76.